The minimum Gasteiger partial charge on any atom is -0.260 e. The average molecular weight is 268 g/mol. The molecule has 1 aromatic rings. The Labute approximate surface area is 83.4 Å². The number of aromatic nitrogens is 1. The van der Waals surface area contributed by atoms with Gasteiger partial charge in [-0.25, -0.2) is 0 Å². The molecule has 0 saturated carbocycles. The van der Waals surface area contributed by atoms with Crippen LogP contribution in [0.1, 0.15) is 5.69 Å². The van der Waals surface area contributed by atoms with Crippen molar-refractivity contribution in [2.45, 2.75) is 6.92 Å². The predicted molar refractivity (Wildman–Crippen MR) is 39.0 cm³/mol. The van der Waals surface area contributed by atoms with E-state index in [2.05, 4.69) is 4.98 Å². The molecule has 0 N–H and O–H groups in total. The Balaban J connectivity index is 0.000000810. The Morgan fingerprint density at radius 2 is 2.00 bits per heavy atom. The Morgan fingerprint density at radius 3 is 2.40 bits per heavy atom. The first-order valence-electron chi connectivity index (χ1n) is 2.48. The normalized spacial score (nSPS) is 8.70. The maximum Gasteiger partial charge on any atom is 0.0804 e. The summed E-state index contributed by atoms with van der Waals surface area (Å²) in [5.41, 5.74) is 0.768. The van der Waals surface area contributed by atoms with Crippen molar-refractivity contribution in [1.29, 1.82) is 0 Å². The first kappa shape index (κ1) is 10.4. The summed E-state index contributed by atoms with van der Waals surface area (Å²) in [6.45, 7) is 1.81. The van der Waals surface area contributed by atoms with Crippen LogP contribution in [0.2, 0.25) is 10.0 Å². The third-order valence-corrected chi connectivity index (χ3v) is 1.91. The molecule has 1 heterocycles. The Hall–Kier alpha value is 0.392. The number of rotatable bonds is 0. The summed E-state index contributed by atoms with van der Waals surface area (Å²) >= 11 is 11.3. The molecule has 1 aromatic heterocycles. The summed E-state index contributed by atoms with van der Waals surface area (Å²) in [6, 6.07) is 1.66. The van der Waals surface area contributed by atoms with E-state index in [-0.39, 0.29) is 20.4 Å². The molecule has 0 aliphatic rings. The molecule has 1 nitrogen and oxygen atoms in total. The number of aryl methyl sites for hydroxylation is 1. The maximum absolute atomic E-state index is 5.68. The van der Waals surface area contributed by atoms with E-state index >= 15 is 0 Å². The third-order valence-electron chi connectivity index (χ3n) is 1.02. The average Bonchev–Trinajstić information content (AvgIpc) is 1.83. The van der Waals surface area contributed by atoms with Crippen LogP contribution in [0.3, 0.4) is 0 Å². The molecule has 0 atom stereocenters. The van der Waals surface area contributed by atoms with Crippen LogP contribution >= 0.6 is 23.2 Å². The molecule has 0 aliphatic heterocycles. The molecule has 0 amide bonds. The van der Waals surface area contributed by atoms with E-state index in [0.29, 0.717) is 10.0 Å². The second-order valence-corrected chi connectivity index (χ2v) is 2.48. The quantitative estimate of drug-likeness (QED) is 0.659. The minimum atomic E-state index is 0. The van der Waals surface area contributed by atoms with Gasteiger partial charge in [-0.3, -0.25) is 4.98 Å². The SMILES string of the molecule is Cc1nccc(Cl)c1Cl.[Pd]. The summed E-state index contributed by atoms with van der Waals surface area (Å²) in [7, 11) is 0. The Bertz CT molecular complexity index is 207. The molecule has 0 fully saturated rings. The largest absolute Gasteiger partial charge is 0.260 e. The summed E-state index contributed by atoms with van der Waals surface area (Å²) in [5, 5.41) is 1.10. The van der Waals surface area contributed by atoms with Crippen LogP contribution < -0.4 is 0 Å². The van der Waals surface area contributed by atoms with Gasteiger partial charge in [0.1, 0.15) is 0 Å². The second kappa shape index (κ2) is 4.31. The molecule has 0 bridgehead atoms. The van der Waals surface area contributed by atoms with Crippen LogP contribution in [0.15, 0.2) is 12.3 Å². The zero-order valence-corrected chi connectivity index (χ0v) is 8.24. The minimum absolute atomic E-state index is 0. The first-order chi connectivity index (χ1) is 4.22. The third kappa shape index (κ3) is 2.21. The smallest absolute Gasteiger partial charge is 0.0804 e. The molecule has 0 radical (unpaired) electrons. The maximum atomic E-state index is 5.68. The van der Waals surface area contributed by atoms with Crippen molar-refractivity contribution in [2.24, 2.45) is 0 Å². The summed E-state index contributed by atoms with van der Waals surface area (Å²) in [5.74, 6) is 0. The fraction of sp³-hybridized carbons (Fsp3) is 0.167. The van der Waals surface area contributed by atoms with Crippen LogP contribution in [-0.2, 0) is 20.4 Å². The molecular weight excluding hydrogens is 263 g/mol. The van der Waals surface area contributed by atoms with E-state index in [1.54, 1.807) is 12.3 Å². The molecule has 0 saturated heterocycles. The van der Waals surface area contributed by atoms with Crippen molar-refractivity contribution in [3.63, 3.8) is 0 Å². The standard InChI is InChI=1S/C6H5Cl2N.Pd/c1-4-6(8)5(7)2-3-9-4;/h2-3H,1H3;. The van der Waals surface area contributed by atoms with Crippen LogP contribution in [-0.4, -0.2) is 4.98 Å². The molecular formula is C6H5Cl2NPd. The molecule has 1 rings (SSSR count). The van der Waals surface area contributed by atoms with Crippen molar-refractivity contribution in [2.75, 3.05) is 0 Å². The molecule has 10 heavy (non-hydrogen) atoms. The van der Waals surface area contributed by atoms with Crippen LogP contribution in [0.25, 0.3) is 0 Å². The predicted octanol–water partition coefficient (Wildman–Crippen LogP) is 2.69. The Kier molecular flexibility index (Phi) is 4.48. The van der Waals surface area contributed by atoms with Gasteiger partial charge >= 0.3 is 0 Å². The molecule has 0 unspecified atom stereocenters. The van der Waals surface area contributed by atoms with Gasteiger partial charge in [-0.05, 0) is 13.0 Å². The van der Waals surface area contributed by atoms with Gasteiger partial charge in [0.2, 0.25) is 0 Å². The van der Waals surface area contributed by atoms with Gasteiger partial charge in [-0.1, -0.05) is 23.2 Å². The zero-order valence-electron chi connectivity index (χ0n) is 5.17. The van der Waals surface area contributed by atoms with E-state index in [1.165, 1.54) is 0 Å². The van der Waals surface area contributed by atoms with E-state index in [1.807, 2.05) is 6.92 Å². The van der Waals surface area contributed by atoms with Crippen LogP contribution in [0.5, 0.6) is 0 Å². The van der Waals surface area contributed by atoms with Gasteiger partial charge in [-0.15, -0.1) is 0 Å². The van der Waals surface area contributed by atoms with Crippen molar-refractivity contribution in [1.82, 2.24) is 4.98 Å². The zero-order chi connectivity index (χ0) is 6.85. The molecule has 0 aromatic carbocycles. The summed E-state index contributed by atoms with van der Waals surface area (Å²) in [4.78, 5) is 3.92. The van der Waals surface area contributed by atoms with Crippen molar-refractivity contribution in [3.05, 3.63) is 28.0 Å². The number of hydrogen-bond acceptors (Lipinski definition) is 1. The van der Waals surface area contributed by atoms with E-state index in [9.17, 15) is 0 Å². The Morgan fingerprint density at radius 1 is 1.40 bits per heavy atom. The summed E-state index contributed by atoms with van der Waals surface area (Å²) < 4.78 is 0. The molecule has 58 valence electrons. The van der Waals surface area contributed by atoms with Gasteiger partial charge in [0, 0.05) is 26.6 Å². The second-order valence-electron chi connectivity index (χ2n) is 1.69. The fourth-order valence-corrected chi connectivity index (χ4v) is 0.822. The van der Waals surface area contributed by atoms with Gasteiger partial charge in [0.05, 0.1) is 15.7 Å². The van der Waals surface area contributed by atoms with Crippen LogP contribution in [0.4, 0.5) is 0 Å². The van der Waals surface area contributed by atoms with Crippen LogP contribution in [0, 0.1) is 6.92 Å². The van der Waals surface area contributed by atoms with Gasteiger partial charge in [-0.2, -0.15) is 0 Å². The van der Waals surface area contributed by atoms with E-state index in [0.717, 1.165) is 5.69 Å². The van der Waals surface area contributed by atoms with E-state index < -0.39 is 0 Å². The number of halogens is 2. The monoisotopic (exact) mass is 267 g/mol. The first-order valence-corrected chi connectivity index (χ1v) is 3.24. The van der Waals surface area contributed by atoms with Crippen molar-refractivity contribution < 1.29 is 20.4 Å². The summed E-state index contributed by atoms with van der Waals surface area (Å²) in [6.07, 6.45) is 1.63. The van der Waals surface area contributed by atoms with E-state index in [4.69, 9.17) is 23.2 Å². The molecule has 4 heteroatoms. The fourth-order valence-electron chi connectivity index (χ4n) is 0.517. The molecule has 0 aliphatic carbocycles. The number of pyridine rings is 1. The van der Waals surface area contributed by atoms with Crippen molar-refractivity contribution >= 4 is 23.2 Å². The topological polar surface area (TPSA) is 12.9 Å². The van der Waals surface area contributed by atoms with Gasteiger partial charge in [0.15, 0.2) is 0 Å². The van der Waals surface area contributed by atoms with Gasteiger partial charge < -0.3 is 0 Å². The molecule has 0 spiro atoms. The van der Waals surface area contributed by atoms with Gasteiger partial charge in [0.25, 0.3) is 0 Å². The number of nitrogens with zero attached hydrogens (tertiary/aromatic N) is 1. The number of hydrogen-bond donors (Lipinski definition) is 0. The van der Waals surface area contributed by atoms with Crippen molar-refractivity contribution in [3.8, 4) is 0 Å².